The molecule has 0 unspecified atom stereocenters. The fourth-order valence-electron chi connectivity index (χ4n) is 1.21. The van der Waals surface area contributed by atoms with Crippen molar-refractivity contribution in [3.63, 3.8) is 0 Å². The van der Waals surface area contributed by atoms with Crippen LogP contribution in [0.1, 0.15) is 5.69 Å². The first kappa shape index (κ1) is 10.4. The first-order chi connectivity index (χ1) is 6.89. The highest BCUT2D eigenvalue weighted by molar-refractivity contribution is 9.10. The molecule has 80 valence electrons. The zero-order valence-corrected chi connectivity index (χ0v) is 9.09. The van der Waals surface area contributed by atoms with Crippen LogP contribution in [0.2, 0.25) is 0 Å². The van der Waals surface area contributed by atoms with Gasteiger partial charge in [0.25, 0.3) is 0 Å². The molecule has 0 amide bonds. The molecule has 0 bridgehead atoms. The monoisotopic (exact) mass is 279 g/mol. The van der Waals surface area contributed by atoms with E-state index >= 15 is 0 Å². The third-order valence-electron chi connectivity index (χ3n) is 2.00. The van der Waals surface area contributed by atoms with Gasteiger partial charge in [-0.3, -0.25) is 0 Å². The van der Waals surface area contributed by atoms with Crippen molar-refractivity contribution in [3.05, 3.63) is 22.7 Å². The number of fused-ring (bicyclic) bond motifs is 1. The lowest BCUT2D eigenvalue weighted by Gasteiger charge is -2.04. The van der Waals surface area contributed by atoms with Gasteiger partial charge in [0.1, 0.15) is 5.69 Å². The molecule has 0 atom stereocenters. The molecule has 0 aliphatic heterocycles. The molecular formula is C8H5BrF3N3. The van der Waals surface area contributed by atoms with Gasteiger partial charge in [-0.2, -0.15) is 13.2 Å². The molecule has 0 fully saturated rings. The Morgan fingerprint density at radius 3 is 2.67 bits per heavy atom. The summed E-state index contributed by atoms with van der Waals surface area (Å²) in [4.78, 5) is 7.27. The number of aryl methyl sites for hydroxylation is 1. The quantitative estimate of drug-likeness (QED) is 0.743. The highest BCUT2D eigenvalue weighted by atomic mass is 79.9. The maximum absolute atomic E-state index is 12.3. The molecular weight excluding hydrogens is 275 g/mol. The predicted octanol–water partition coefficient (Wildman–Crippen LogP) is 2.75. The van der Waals surface area contributed by atoms with Crippen molar-refractivity contribution in [1.82, 2.24) is 14.5 Å². The maximum atomic E-state index is 12.3. The molecule has 15 heavy (non-hydrogen) atoms. The highest BCUT2D eigenvalue weighted by Gasteiger charge is 2.32. The Bertz CT molecular complexity index is 518. The van der Waals surface area contributed by atoms with Gasteiger partial charge in [0.15, 0.2) is 4.73 Å². The smallest absolute Gasteiger partial charge is 0.320 e. The lowest BCUT2D eigenvalue weighted by atomic mass is 10.3. The molecule has 3 nitrogen and oxygen atoms in total. The van der Waals surface area contributed by atoms with Crippen LogP contribution in [0.15, 0.2) is 17.0 Å². The van der Waals surface area contributed by atoms with Crippen LogP contribution < -0.4 is 0 Å². The second-order valence-corrected chi connectivity index (χ2v) is 3.71. The van der Waals surface area contributed by atoms with Crippen molar-refractivity contribution < 1.29 is 13.2 Å². The molecule has 0 saturated heterocycles. The van der Waals surface area contributed by atoms with E-state index in [4.69, 9.17) is 0 Å². The van der Waals surface area contributed by atoms with Gasteiger partial charge in [-0.1, -0.05) is 0 Å². The minimum atomic E-state index is -4.43. The molecule has 0 aliphatic carbocycles. The maximum Gasteiger partial charge on any atom is 0.433 e. The first-order valence-corrected chi connectivity index (χ1v) is 4.74. The standard InChI is InChI=1S/C8H5BrF3N3/c1-15-5-3-13-6(8(10,11)12)2-4(5)14-7(15)9/h2-3H,1H3. The van der Waals surface area contributed by atoms with Crippen molar-refractivity contribution >= 4 is 27.0 Å². The lowest BCUT2D eigenvalue weighted by Crippen LogP contribution is -2.07. The van der Waals surface area contributed by atoms with Gasteiger partial charge in [0.2, 0.25) is 0 Å². The summed E-state index contributed by atoms with van der Waals surface area (Å²) in [6, 6.07) is 0.931. The molecule has 0 spiro atoms. The summed E-state index contributed by atoms with van der Waals surface area (Å²) < 4.78 is 39.0. The molecule has 2 aromatic heterocycles. The van der Waals surface area contributed by atoms with Crippen LogP contribution in [0.4, 0.5) is 13.2 Å². The first-order valence-electron chi connectivity index (χ1n) is 3.95. The third kappa shape index (κ3) is 1.71. The number of pyridine rings is 1. The van der Waals surface area contributed by atoms with Crippen LogP contribution in [0.5, 0.6) is 0 Å². The van der Waals surface area contributed by atoms with Gasteiger partial charge in [-0.15, -0.1) is 0 Å². The molecule has 0 radical (unpaired) electrons. The molecule has 7 heteroatoms. The number of hydrogen-bond donors (Lipinski definition) is 0. The normalized spacial score (nSPS) is 12.3. The number of aromatic nitrogens is 3. The Balaban J connectivity index is 2.67. The minimum Gasteiger partial charge on any atom is -0.320 e. The Hall–Kier alpha value is -1.11. The number of rotatable bonds is 0. The van der Waals surface area contributed by atoms with E-state index in [9.17, 15) is 13.2 Å². The summed E-state index contributed by atoms with van der Waals surface area (Å²) in [7, 11) is 1.69. The lowest BCUT2D eigenvalue weighted by molar-refractivity contribution is -0.141. The average Bonchev–Trinajstić information content (AvgIpc) is 2.41. The van der Waals surface area contributed by atoms with Crippen LogP contribution in [0.3, 0.4) is 0 Å². The average molecular weight is 280 g/mol. The summed E-state index contributed by atoms with van der Waals surface area (Å²) in [6.07, 6.45) is -3.27. The molecule has 2 heterocycles. The summed E-state index contributed by atoms with van der Waals surface area (Å²) in [6.45, 7) is 0. The van der Waals surface area contributed by atoms with Crippen LogP contribution in [-0.4, -0.2) is 14.5 Å². The van der Waals surface area contributed by atoms with Gasteiger partial charge < -0.3 is 4.57 Å². The number of hydrogen-bond acceptors (Lipinski definition) is 2. The third-order valence-corrected chi connectivity index (χ3v) is 2.71. The van der Waals surface area contributed by atoms with E-state index in [1.165, 1.54) is 0 Å². The largest absolute Gasteiger partial charge is 0.433 e. The molecule has 0 N–H and O–H groups in total. The van der Waals surface area contributed by atoms with Crippen molar-refractivity contribution in [2.75, 3.05) is 0 Å². The highest BCUT2D eigenvalue weighted by Crippen LogP contribution is 2.29. The number of nitrogens with zero attached hydrogens (tertiary/aromatic N) is 3. The zero-order chi connectivity index (χ0) is 11.2. The van der Waals surface area contributed by atoms with E-state index in [1.807, 2.05) is 0 Å². The van der Waals surface area contributed by atoms with Crippen molar-refractivity contribution in [3.8, 4) is 0 Å². The topological polar surface area (TPSA) is 30.7 Å². The van der Waals surface area contributed by atoms with E-state index in [0.29, 0.717) is 10.3 Å². The van der Waals surface area contributed by atoms with Gasteiger partial charge in [0, 0.05) is 7.05 Å². The van der Waals surface area contributed by atoms with Gasteiger partial charge in [0.05, 0.1) is 17.2 Å². The predicted molar refractivity (Wildman–Crippen MR) is 51.2 cm³/mol. The Labute approximate surface area is 91.1 Å². The van der Waals surface area contributed by atoms with E-state index < -0.39 is 11.9 Å². The molecule has 2 aromatic rings. The summed E-state index contributed by atoms with van der Waals surface area (Å²) in [5.41, 5.74) is -0.109. The SMILES string of the molecule is Cn1c(Br)nc2cc(C(F)(F)F)ncc21. The zero-order valence-electron chi connectivity index (χ0n) is 7.51. The Morgan fingerprint density at radius 2 is 2.07 bits per heavy atom. The van der Waals surface area contributed by atoms with Crippen LogP contribution >= 0.6 is 15.9 Å². The molecule has 2 rings (SSSR count). The summed E-state index contributed by atoms with van der Waals surface area (Å²) in [5.74, 6) is 0. The summed E-state index contributed by atoms with van der Waals surface area (Å²) >= 11 is 3.13. The Morgan fingerprint density at radius 1 is 1.40 bits per heavy atom. The Kier molecular flexibility index (Phi) is 2.22. The molecule has 0 aromatic carbocycles. The molecule has 0 aliphatic rings. The van der Waals surface area contributed by atoms with Crippen LogP contribution in [0, 0.1) is 0 Å². The number of halogens is 4. The fourth-order valence-corrected chi connectivity index (χ4v) is 1.60. The number of alkyl halides is 3. The van der Waals surface area contributed by atoms with E-state index in [0.717, 1.165) is 12.3 Å². The minimum absolute atomic E-state index is 0.270. The molecule has 0 saturated carbocycles. The summed E-state index contributed by atoms with van der Waals surface area (Å²) in [5, 5.41) is 0. The van der Waals surface area contributed by atoms with Crippen molar-refractivity contribution in [1.29, 1.82) is 0 Å². The van der Waals surface area contributed by atoms with E-state index in [-0.39, 0.29) is 5.52 Å². The van der Waals surface area contributed by atoms with Crippen LogP contribution in [0.25, 0.3) is 11.0 Å². The van der Waals surface area contributed by atoms with Gasteiger partial charge in [-0.25, -0.2) is 9.97 Å². The van der Waals surface area contributed by atoms with E-state index in [1.54, 1.807) is 11.6 Å². The van der Waals surface area contributed by atoms with E-state index in [2.05, 4.69) is 25.9 Å². The van der Waals surface area contributed by atoms with Gasteiger partial charge >= 0.3 is 6.18 Å². The van der Waals surface area contributed by atoms with Gasteiger partial charge in [-0.05, 0) is 22.0 Å². The second kappa shape index (κ2) is 3.19. The van der Waals surface area contributed by atoms with Crippen molar-refractivity contribution in [2.24, 2.45) is 7.05 Å². The number of imidazole rings is 1. The fraction of sp³-hybridized carbons (Fsp3) is 0.250. The van der Waals surface area contributed by atoms with Crippen molar-refractivity contribution in [2.45, 2.75) is 6.18 Å². The van der Waals surface area contributed by atoms with Crippen LogP contribution in [-0.2, 0) is 13.2 Å². The second-order valence-electron chi connectivity index (χ2n) is 3.00.